The molecular weight excluding hydrogens is 344 g/mol. The van der Waals surface area contributed by atoms with E-state index < -0.39 is 10.4 Å². The summed E-state index contributed by atoms with van der Waals surface area (Å²) in [5, 5.41) is 0. The van der Waals surface area contributed by atoms with Crippen LogP contribution in [0.25, 0.3) is 0 Å². The Labute approximate surface area is 159 Å². The van der Waals surface area contributed by atoms with Gasteiger partial charge in [0.2, 0.25) is 0 Å². The van der Waals surface area contributed by atoms with Crippen molar-refractivity contribution >= 4 is 10.4 Å². The van der Waals surface area contributed by atoms with Crippen molar-refractivity contribution in [3.63, 3.8) is 0 Å². The lowest BCUT2D eigenvalue weighted by Gasteiger charge is -2.42. The lowest BCUT2D eigenvalue weighted by atomic mass is 9.85. The summed E-state index contributed by atoms with van der Waals surface area (Å²) >= 11 is 0. The zero-order valence-electron chi connectivity index (χ0n) is 16.0. The predicted molar refractivity (Wildman–Crippen MR) is 105 cm³/mol. The average Bonchev–Trinajstić information content (AvgIpc) is 2.88. The van der Waals surface area contributed by atoms with E-state index >= 15 is 0 Å². The molecule has 4 nitrogen and oxygen atoms in total. The molecule has 1 spiro atoms. The maximum atomic E-state index is 12.5. The highest BCUT2D eigenvalue weighted by Crippen LogP contribution is 2.40. The molecule has 0 N–H and O–H groups in total. The quantitative estimate of drug-likeness (QED) is 0.757. The number of likely N-dealkylation sites (tertiary alicyclic amines) is 1. The minimum atomic E-state index is -3.21. The van der Waals surface area contributed by atoms with E-state index in [0.29, 0.717) is 13.1 Å². The second kappa shape index (κ2) is 7.34. The third-order valence-corrected chi connectivity index (χ3v) is 8.06. The first kappa shape index (κ1) is 18.6. The van der Waals surface area contributed by atoms with E-state index in [-0.39, 0.29) is 5.54 Å². The normalized spacial score (nSPS) is 30.8. The summed E-state index contributed by atoms with van der Waals surface area (Å²) in [7, 11) is -3.21. The molecule has 144 valence electrons. The van der Waals surface area contributed by atoms with Crippen molar-refractivity contribution in [3.8, 4) is 0 Å². The number of nitrogens with zero attached hydrogens (tertiary/aromatic N) is 2. The molecule has 2 unspecified atom stereocenters. The van der Waals surface area contributed by atoms with Crippen LogP contribution in [0.3, 0.4) is 0 Å². The predicted octanol–water partition coefficient (Wildman–Crippen LogP) is 3.63. The first-order valence-electron chi connectivity index (χ1n) is 10.2. The van der Waals surface area contributed by atoms with Gasteiger partial charge >= 0.3 is 0 Å². The summed E-state index contributed by atoms with van der Waals surface area (Å²) in [6.45, 7) is 3.44. The van der Waals surface area contributed by atoms with Gasteiger partial charge < -0.3 is 4.55 Å². The molecule has 1 saturated heterocycles. The first-order valence-corrected chi connectivity index (χ1v) is 12.1. The maximum absolute atomic E-state index is 12.5. The Morgan fingerprint density at radius 3 is 2.62 bits per heavy atom. The highest BCUT2D eigenvalue weighted by Gasteiger charge is 2.47. The van der Waals surface area contributed by atoms with Crippen molar-refractivity contribution in [2.75, 3.05) is 25.9 Å². The smallest absolute Gasteiger partial charge is 0.122 e. The van der Waals surface area contributed by atoms with Crippen molar-refractivity contribution in [1.82, 2.24) is 9.21 Å². The molecule has 1 aliphatic carbocycles. The van der Waals surface area contributed by atoms with E-state index in [2.05, 4.69) is 23.1 Å². The molecule has 2 aliphatic heterocycles. The van der Waals surface area contributed by atoms with E-state index in [4.69, 9.17) is 0 Å². The van der Waals surface area contributed by atoms with Gasteiger partial charge in [-0.05, 0) is 55.7 Å². The summed E-state index contributed by atoms with van der Waals surface area (Å²) in [6.07, 6.45) is 11.5. The van der Waals surface area contributed by atoms with Crippen molar-refractivity contribution < 1.29 is 8.76 Å². The van der Waals surface area contributed by atoms with Gasteiger partial charge in [0, 0.05) is 12.1 Å². The Bertz CT molecular complexity index is 682. The fraction of sp³-hybridized carbons (Fsp3) is 0.714. The molecule has 5 heteroatoms. The summed E-state index contributed by atoms with van der Waals surface area (Å²) in [5.41, 5.74) is 2.50. The zero-order chi connectivity index (χ0) is 18.2. The van der Waals surface area contributed by atoms with Crippen LogP contribution in [0.1, 0.15) is 56.1 Å². The van der Waals surface area contributed by atoms with Gasteiger partial charge in [0.15, 0.2) is 0 Å². The monoisotopic (exact) mass is 376 g/mol. The van der Waals surface area contributed by atoms with E-state index in [1.165, 1.54) is 55.9 Å². The average molecular weight is 377 g/mol. The zero-order valence-corrected chi connectivity index (χ0v) is 16.8. The topological polar surface area (TPSA) is 46.6 Å². The third kappa shape index (κ3) is 3.77. The summed E-state index contributed by atoms with van der Waals surface area (Å²) < 4.78 is 26.7. The fourth-order valence-corrected chi connectivity index (χ4v) is 6.29. The van der Waals surface area contributed by atoms with Gasteiger partial charge in [-0.15, -0.1) is 4.31 Å². The van der Waals surface area contributed by atoms with Crippen molar-refractivity contribution in [1.29, 1.82) is 0 Å². The minimum Gasteiger partial charge on any atom is -0.598 e. The second-order valence-electron chi connectivity index (χ2n) is 8.75. The van der Waals surface area contributed by atoms with Gasteiger partial charge in [0.05, 0.1) is 13.1 Å². The molecule has 0 aromatic heterocycles. The molecule has 0 bridgehead atoms. The highest BCUT2D eigenvalue weighted by atomic mass is 32.3. The van der Waals surface area contributed by atoms with Gasteiger partial charge in [-0.1, -0.05) is 47.7 Å². The van der Waals surface area contributed by atoms with Crippen molar-refractivity contribution in [3.05, 3.63) is 35.4 Å². The largest absolute Gasteiger partial charge is 0.598 e. The standard InChI is InChI=1S/C21H32N2O2S/c1-26(24,25)23-16-20-11-6-5-10-19(20)14-21(17-23)12-7-13-22(21)15-18-8-3-2-4-9-18/h5-6,10-11,18H,2-4,7-9,12-17H2,1H3. The molecule has 1 aromatic rings. The molecule has 1 saturated carbocycles. The third-order valence-electron chi connectivity index (χ3n) is 6.87. The highest BCUT2D eigenvalue weighted by molar-refractivity contribution is 7.94. The van der Waals surface area contributed by atoms with Crippen molar-refractivity contribution in [2.24, 2.45) is 5.92 Å². The number of benzene rings is 1. The van der Waals surface area contributed by atoms with Gasteiger partial charge in [-0.25, -0.2) is 0 Å². The molecule has 4 rings (SSSR count). The van der Waals surface area contributed by atoms with Crippen LogP contribution in [0, 0.1) is 5.92 Å². The van der Waals surface area contributed by atoms with E-state index in [1.807, 2.05) is 6.07 Å². The van der Waals surface area contributed by atoms with Gasteiger partial charge in [-0.2, -0.15) is 0 Å². The number of fused-ring (bicyclic) bond motifs is 1. The van der Waals surface area contributed by atoms with E-state index in [1.54, 1.807) is 4.31 Å². The minimum absolute atomic E-state index is 0.0207. The van der Waals surface area contributed by atoms with Crippen LogP contribution in [0.15, 0.2) is 24.3 Å². The van der Waals surface area contributed by atoms with Crippen LogP contribution in [0.2, 0.25) is 0 Å². The second-order valence-corrected chi connectivity index (χ2v) is 10.7. The Balaban J connectivity index is 1.64. The summed E-state index contributed by atoms with van der Waals surface area (Å²) in [6, 6.07) is 8.45. The molecule has 2 fully saturated rings. The maximum Gasteiger partial charge on any atom is 0.122 e. The Morgan fingerprint density at radius 1 is 1.15 bits per heavy atom. The molecule has 1 aromatic carbocycles. The van der Waals surface area contributed by atoms with E-state index in [0.717, 1.165) is 31.8 Å². The van der Waals surface area contributed by atoms with Gasteiger partial charge in [0.1, 0.15) is 16.7 Å². The van der Waals surface area contributed by atoms with E-state index in [9.17, 15) is 8.76 Å². The first-order chi connectivity index (χ1) is 12.5. The SMILES string of the molecule is C[S+](=O)([O-])N1Cc2ccccc2CC2(CCCN2CC2CCCCC2)C1. The van der Waals surface area contributed by atoms with Crippen LogP contribution < -0.4 is 0 Å². The number of hydrogen-bond acceptors (Lipinski definition) is 3. The van der Waals surface area contributed by atoms with Gasteiger partial charge in [0.25, 0.3) is 0 Å². The Hall–Kier alpha value is -0.750. The van der Waals surface area contributed by atoms with Crippen LogP contribution >= 0.6 is 0 Å². The van der Waals surface area contributed by atoms with Crippen LogP contribution in [0.5, 0.6) is 0 Å². The number of hydrogen-bond donors (Lipinski definition) is 0. The number of sulfonamides is 1. The molecule has 26 heavy (non-hydrogen) atoms. The molecular formula is C21H32N2O2S. The van der Waals surface area contributed by atoms with Crippen LogP contribution in [-0.2, 0) is 27.6 Å². The Morgan fingerprint density at radius 2 is 1.88 bits per heavy atom. The van der Waals surface area contributed by atoms with Crippen LogP contribution in [0.4, 0.5) is 0 Å². The molecule has 3 aliphatic rings. The number of rotatable bonds is 3. The molecule has 0 radical (unpaired) electrons. The summed E-state index contributed by atoms with van der Waals surface area (Å²) in [4.78, 5) is 2.67. The van der Waals surface area contributed by atoms with Crippen LogP contribution in [-0.4, -0.2) is 45.2 Å². The Kier molecular flexibility index (Phi) is 5.26. The molecule has 2 heterocycles. The lowest BCUT2D eigenvalue weighted by Crippen LogP contribution is -2.55. The van der Waals surface area contributed by atoms with Crippen molar-refractivity contribution in [2.45, 2.75) is 63.5 Å². The molecule has 0 amide bonds. The summed E-state index contributed by atoms with van der Waals surface area (Å²) in [5.74, 6) is 0.795. The van der Waals surface area contributed by atoms with Gasteiger partial charge in [-0.3, -0.25) is 4.90 Å². The lowest BCUT2D eigenvalue weighted by molar-refractivity contribution is 0.0857. The fourth-order valence-electron chi connectivity index (χ4n) is 5.44. The molecule has 2 atom stereocenters.